The van der Waals surface area contributed by atoms with E-state index in [2.05, 4.69) is 19.1 Å². The second-order valence-corrected chi connectivity index (χ2v) is 3.13. The quantitative estimate of drug-likeness (QED) is 0.722. The van der Waals surface area contributed by atoms with E-state index < -0.39 is 0 Å². The Morgan fingerprint density at radius 1 is 1.31 bits per heavy atom. The van der Waals surface area contributed by atoms with Crippen molar-refractivity contribution < 1.29 is 7.96 Å². The smallest absolute Gasteiger partial charge is 1.00 e. The van der Waals surface area contributed by atoms with Crippen LogP contribution < -0.4 is 0 Å². The molecule has 0 aromatic heterocycles. The summed E-state index contributed by atoms with van der Waals surface area (Å²) in [5.41, 5.74) is 1.22. The Hall–Kier alpha value is -0.0538. The van der Waals surface area contributed by atoms with Gasteiger partial charge in [-0.05, 0) is 18.4 Å². The van der Waals surface area contributed by atoms with Crippen LogP contribution in [0.1, 0.15) is 28.2 Å². The van der Waals surface area contributed by atoms with Gasteiger partial charge in [0, 0.05) is 0 Å². The Kier molecular flexibility index (Phi) is 7.33. The van der Waals surface area contributed by atoms with E-state index in [9.17, 15) is 5.11 Å². The molecule has 0 fully saturated rings. The minimum absolute atomic E-state index is 0. The Balaban J connectivity index is -0.000000480. The number of rotatable bonds is 4. The van der Waals surface area contributed by atoms with Crippen molar-refractivity contribution in [3.8, 4) is 0 Å². The van der Waals surface area contributed by atoms with E-state index in [-0.39, 0.29) is 32.0 Å². The summed E-state index contributed by atoms with van der Waals surface area (Å²) in [6, 6.07) is 10.1. The van der Waals surface area contributed by atoms with Crippen molar-refractivity contribution in [2.75, 3.05) is 0 Å². The van der Waals surface area contributed by atoms with Crippen LogP contribution in [-0.2, 0) is 6.42 Å². The summed E-state index contributed by atoms with van der Waals surface area (Å²) < 4.78 is 0. The van der Waals surface area contributed by atoms with Crippen molar-refractivity contribution in [2.24, 2.45) is 0 Å². The van der Waals surface area contributed by atoms with Crippen LogP contribution in [0.15, 0.2) is 30.3 Å². The Morgan fingerprint density at radius 2 is 1.92 bits per heavy atom. The van der Waals surface area contributed by atoms with Gasteiger partial charge in [-0.1, -0.05) is 43.7 Å². The summed E-state index contributed by atoms with van der Waals surface area (Å²) >= 11 is 0. The molecule has 0 radical (unpaired) electrons. The molecule has 2 heteroatoms. The molecule has 0 bridgehead atoms. The number of aliphatic hydroxyl groups is 1. The van der Waals surface area contributed by atoms with Gasteiger partial charge in [-0.2, -0.15) is 0 Å². The number of hydrogen-bond donors (Lipinski definition) is 1. The van der Waals surface area contributed by atoms with Crippen molar-refractivity contribution in [1.82, 2.24) is 0 Å². The van der Waals surface area contributed by atoms with E-state index in [1.165, 1.54) is 5.56 Å². The maximum absolute atomic E-state index is 9.50. The first kappa shape index (κ1) is 12.9. The van der Waals surface area contributed by atoms with E-state index in [0.717, 1.165) is 19.3 Å². The van der Waals surface area contributed by atoms with Gasteiger partial charge >= 0.3 is 23.1 Å². The van der Waals surface area contributed by atoms with Crippen molar-refractivity contribution in [2.45, 2.75) is 32.3 Å². The zero-order valence-corrected chi connectivity index (χ0v) is 9.65. The van der Waals surface area contributed by atoms with Gasteiger partial charge in [-0.15, -0.1) is 0 Å². The molecule has 0 heterocycles. The summed E-state index contributed by atoms with van der Waals surface area (Å²) in [4.78, 5) is 0. The molecule has 0 amide bonds. The zero-order chi connectivity index (χ0) is 8.81. The molecule has 1 N–H and O–H groups in total. The van der Waals surface area contributed by atoms with Crippen molar-refractivity contribution in [3.05, 3.63) is 35.9 Å². The number of hydrogen-bond acceptors (Lipinski definition) is 1. The first-order valence-corrected chi connectivity index (χ1v) is 4.55. The standard InChI is InChI=1S/C11H16O.Mg.2H/c1-2-6-11(12)9-10-7-4-3-5-8-10;;;/h3-5,7-8,11-12H,2,6,9H2,1H3;;;/q;+2;2*-1. The fourth-order valence-corrected chi connectivity index (χ4v) is 1.32. The molecule has 70 valence electrons. The Morgan fingerprint density at radius 3 is 2.46 bits per heavy atom. The van der Waals surface area contributed by atoms with Crippen molar-refractivity contribution in [1.29, 1.82) is 0 Å². The molecule has 13 heavy (non-hydrogen) atoms. The van der Waals surface area contributed by atoms with Gasteiger partial charge in [0.1, 0.15) is 0 Å². The van der Waals surface area contributed by atoms with Crippen LogP contribution in [0.4, 0.5) is 0 Å². The van der Waals surface area contributed by atoms with E-state index in [1.54, 1.807) is 0 Å². The number of aliphatic hydroxyl groups excluding tert-OH is 1. The molecule has 1 aromatic rings. The predicted octanol–water partition coefficient (Wildman–Crippen LogP) is 2.23. The molecule has 1 atom stereocenters. The average molecular weight is 191 g/mol. The monoisotopic (exact) mass is 190 g/mol. The Bertz CT molecular complexity index is 219. The van der Waals surface area contributed by atoms with Gasteiger partial charge in [0.05, 0.1) is 6.10 Å². The summed E-state index contributed by atoms with van der Waals surface area (Å²) in [6.45, 7) is 2.09. The van der Waals surface area contributed by atoms with E-state index in [1.807, 2.05) is 18.2 Å². The molecule has 1 rings (SSSR count). The topological polar surface area (TPSA) is 20.2 Å². The third-order valence-electron chi connectivity index (χ3n) is 1.94. The average Bonchev–Trinajstić information content (AvgIpc) is 2.06. The fraction of sp³-hybridized carbons (Fsp3) is 0.455. The molecule has 1 unspecified atom stereocenters. The van der Waals surface area contributed by atoms with Gasteiger partial charge in [0.2, 0.25) is 0 Å². The molecular weight excluding hydrogens is 172 g/mol. The minimum atomic E-state index is -0.169. The maximum atomic E-state index is 9.50. The Labute approximate surface area is 99.3 Å². The molecular formula is C11H18MgO. The molecule has 0 aliphatic carbocycles. The van der Waals surface area contributed by atoms with Crippen LogP contribution in [0, 0.1) is 0 Å². The van der Waals surface area contributed by atoms with Crippen LogP contribution in [0.25, 0.3) is 0 Å². The third-order valence-corrected chi connectivity index (χ3v) is 1.94. The summed E-state index contributed by atoms with van der Waals surface area (Å²) in [5, 5.41) is 9.50. The first-order valence-electron chi connectivity index (χ1n) is 4.55. The normalized spacial score (nSPS) is 11.8. The molecule has 0 spiro atoms. The van der Waals surface area contributed by atoms with Gasteiger partial charge in [-0.25, -0.2) is 0 Å². The van der Waals surface area contributed by atoms with Crippen molar-refractivity contribution in [3.63, 3.8) is 0 Å². The minimum Gasteiger partial charge on any atom is -1.00 e. The molecule has 1 nitrogen and oxygen atoms in total. The second kappa shape index (κ2) is 7.36. The SMILES string of the molecule is CCCC(O)Cc1ccccc1.[H-].[H-].[Mg+2]. The number of benzene rings is 1. The van der Waals surface area contributed by atoms with Gasteiger partial charge < -0.3 is 7.96 Å². The van der Waals surface area contributed by atoms with Crippen LogP contribution in [0.3, 0.4) is 0 Å². The molecule has 1 aromatic carbocycles. The summed E-state index contributed by atoms with van der Waals surface area (Å²) in [6.07, 6.45) is 2.56. The summed E-state index contributed by atoms with van der Waals surface area (Å²) in [5.74, 6) is 0. The maximum Gasteiger partial charge on any atom is 2.00 e. The van der Waals surface area contributed by atoms with E-state index in [0.29, 0.717) is 0 Å². The molecule has 0 aliphatic heterocycles. The first-order chi connectivity index (χ1) is 5.83. The van der Waals surface area contributed by atoms with Crippen LogP contribution in [0.2, 0.25) is 0 Å². The largest absolute Gasteiger partial charge is 2.00 e. The molecule has 0 saturated heterocycles. The van der Waals surface area contributed by atoms with Gasteiger partial charge in [-0.3, -0.25) is 0 Å². The van der Waals surface area contributed by atoms with Gasteiger partial charge in [0.25, 0.3) is 0 Å². The van der Waals surface area contributed by atoms with Crippen LogP contribution in [-0.4, -0.2) is 34.3 Å². The predicted molar refractivity (Wildman–Crippen MR) is 59.0 cm³/mol. The van der Waals surface area contributed by atoms with Crippen molar-refractivity contribution >= 4 is 23.1 Å². The van der Waals surface area contributed by atoms with Crippen LogP contribution >= 0.6 is 0 Å². The summed E-state index contributed by atoms with van der Waals surface area (Å²) in [7, 11) is 0. The third kappa shape index (κ3) is 5.29. The van der Waals surface area contributed by atoms with Gasteiger partial charge in [0.15, 0.2) is 0 Å². The van der Waals surface area contributed by atoms with Crippen LogP contribution in [0.5, 0.6) is 0 Å². The zero-order valence-electron chi connectivity index (χ0n) is 10.2. The fourth-order valence-electron chi connectivity index (χ4n) is 1.32. The van der Waals surface area contributed by atoms with E-state index in [4.69, 9.17) is 0 Å². The molecule has 0 saturated carbocycles. The second-order valence-electron chi connectivity index (χ2n) is 3.13. The molecule has 0 aliphatic rings. The van der Waals surface area contributed by atoms with E-state index >= 15 is 0 Å².